The van der Waals surface area contributed by atoms with E-state index in [9.17, 15) is 18.0 Å². The lowest BCUT2D eigenvalue weighted by Crippen LogP contribution is -2.44. The number of imidazole rings is 1. The van der Waals surface area contributed by atoms with Crippen LogP contribution in [0.25, 0.3) is 16.9 Å². The molecular weight excluding hydrogens is 460 g/mol. The number of hydrogen-bond acceptors (Lipinski definition) is 7. The summed E-state index contributed by atoms with van der Waals surface area (Å²) in [6.07, 6.45) is 1.44. The summed E-state index contributed by atoms with van der Waals surface area (Å²) in [6, 6.07) is 3.38. The highest BCUT2D eigenvalue weighted by molar-refractivity contribution is 7.89. The lowest BCUT2D eigenvalue weighted by atomic mass is 10.2. The monoisotopic (exact) mass is 490 g/mol. The molecule has 2 heterocycles. The maximum atomic E-state index is 13.3. The van der Waals surface area contributed by atoms with E-state index in [1.54, 1.807) is 13.8 Å². The third-order valence-corrected chi connectivity index (χ3v) is 7.49. The molecule has 12 heteroatoms. The van der Waals surface area contributed by atoms with Crippen LogP contribution in [0.5, 0.6) is 5.75 Å². The number of H-pyrrole nitrogens is 1. The van der Waals surface area contributed by atoms with Crippen LogP contribution in [0.15, 0.2) is 27.9 Å². The zero-order valence-corrected chi connectivity index (χ0v) is 21.0. The van der Waals surface area contributed by atoms with Gasteiger partial charge in [-0.1, -0.05) is 6.92 Å². The first-order chi connectivity index (χ1) is 16.1. The molecule has 3 aromatic rings. The Morgan fingerprint density at radius 2 is 2.03 bits per heavy atom. The molecule has 0 fully saturated rings. The Balaban J connectivity index is 2.21. The van der Waals surface area contributed by atoms with Crippen molar-refractivity contribution in [1.82, 2.24) is 29.2 Å². The number of carbonyl (C=O) groups is 1. The number of hydrogen-bond donors (Lipinski definition) is 2. The van der Waals surface area contributed by atoms with Crippen LogP contribution in [0.2, 0.25) is 0 Å². The number of rotatable bonds is 9. The third-order valence-electron chi connectivity index (χ3n) is 5.57. The Morgan fingerprint density at radius 3 is 2.65 bits per heavy atom. The van der Waals surface area contributed by atoms with Gasteiger partial charge in [-0.15, -0.1) is 5.10 Å². The Morgan fingerprint density at radius 1 is 1.32 bits per heavy atom. The van der Waals surface area contributed by atoms with Gasteiger partial charge in [-0.2, -0.15) is 4.31 Å². The van der Waals surface area contributed by atoms with Crippen LogP contribution in [0.1, 0.15) is 38.7 Å². The van der Waals surface area contributed by atoms with Gasteiger partial charge in [-0.25, -0.2) is 17.9 Å². The fourth-order valence-electron chi connectivity index (χ4n) is 3.63. The van der Waals surface area contributed by atoms with Crippen molar-refractivity contribution in [2.45, 2.75) is 51.5 Å². The molecule has 1 amide bonds. The Bertz CT molecular complexity index is 1380. The number of aryl methyl sites for hydroxylation is 2. The van der Waals surface area contributed by atoms with E-state index in [0.717, 1.165) is 10.7 Å². The SMILES string of the molecule is CCCc1nc(C)c2c(=O)[nH]c(-c3cc(S(=O)(=O)N(C)C(C)C(=O)NC)ccc3OCC)nn12. The fraction of sp³-hybridized carbons (Fsp3) is 0.455. The van der Waals surface area contributed by atoms with E-state index in [1.165, 1.54) is 43.7 Å². The second kappa shape index (κ2) is 9.94. The Hall–Kier alpha value is -3.25. The second-order valence-corrected chi connectivity index (χ2v) is 9.83. The summed E-state index contributed by atoms with van der Waals surface area (Å²) < 4.78 is 34.7. The van der Waals surface area contributed by atoms with Crippen LogP contribution in [-0.4, -0.2) is 65.0 Å². The summed E-state index contributed by atoms with van der Waals surface area (Å²) in [5, 5.41) is 7.03. The molecule has 0 bridgehead atoms. The van der Waals surface area contributed by atoms with Crippen LogP contribution in [0, 0.1) is 6.92 Å². The normalized spacial score (nSPS) is 12.8. The average molecular weight is 491 g/mol. The number of nitrogens with zero attached hydrogens (tertiary/aromatic N) is 4. The van der Waals surface area contributed by atoms with Gasteiger partial charge in [0.05, 0.1) is 22.8 Å². The van der Waals surface area contributed by atoms with E-state index in [-0.39, 0.29) is 10.7 Å². The van der Waals surface area contributed by atoms with Crippen molar-refractivity contribution in [2.75, 3.05) is 20.7 Å². The maximum absolute atomic E-state index is 13.3. The lowest BCUT2D eigenvalue weighted by Gasteiger charge is -2.23. The van der Waals surface area contributed by atoms with Gasteiger partial charge in [0, 0.05) is 20.5 Å². The number of ether oxygens (including phenoxy) is 1. The van der Waals surface area contributed by atoms with E-state index < -0.39 is 27.5 Å². The van der Waals surface area contributed by atoms with Gasteiger partial charge in [-0.05, 0) is 45.4 Å². The number of carbonyl (C=O) groups excluding carboxylic acids is 1. The van der Waals surface area contributed by atoms with E-state index in [1.807, 2.05) is 6.92 Å². The molecule has 2 N–H and O–H groups in total. The molecule has 0 saturated carbocycles. The number of aromatic nitrogens is 4. The van der Waals surface area contributed by atoms with Gasteiger partial charge in [-0.3, -0.25) is 9.59 Å². The van der Waals surface area contributed by atoms with Crippen LogP contribution in [0.4, 0.5) is 0 Å². The molecule has 34 heavy (non-hydrogen) atoms. The molecule has 0 aliphatic heterocycles. The number of nitrogens with one attached hydrogen (secondary N) is 2. The average Bonchev–Trinajstić information content (AvgIpc) is 3.13. The summed E-state index contributed by atoms with van der Waals surface area (Å²) >= 11 is 0. The molecule has 11 nitrogen and oxygen atoms in total. The minimum absolute atomic E-state index is 0.0671. The number of sulfonamides is 1. The quantitative estimate of drug-likeness (QED) is 0.463. The van der Waals surface area contributed by atoms with Crippen molar-refractivity contribution in [3.05, 3.63) is 40.1 Å². The molecule has 184 valence electrons. The van der Waals surface area contributed by atoms with E-state index in [0.29, 0.717) is 41.4 Å². The molecule has 1 aromatic carbocycles. The molecule has 0 saturated heterocycles. The number of fused-ring (bicyclic) bond motifs is 1. The molecule has 1 atom stereocenters. The summed E-state index contributed by atoms with van der Waals surface area (Å²) in [4.78, 5) is 32.1. The standard InChI is InChI=1S/C22H30N6O5S/c1-7-9-18-24-13(3)19-22(30)25-20(26-28(18)19)16-12-15(10-11-17(16)33-8-2)34(31,32)27(6)14(4)21(29)23-5/h10-12,14H,7-9H2,1-6H3,(H,23,29)(H,25,26,30). The van der Waals surface area contributed by atoms with Crippen molar-refractivity contribution in [3.8, 4) is 17.1 Å². The zero-order chi connectivity index (χ0) is 25.2. The highest BCUT2D eigenvalue weighted by atomic mass is 32.2. The van der Waals surface area contributed by atoms with Gasteiger partial charge >= 0.3 is 0 Å². The Kier molecular flexibility index (Phi) is 7.41. The summed E-state index contributed by atoms with van der Waals surface area (Å²) in [5.74, 6) is 0.713. The van der Waals surface area contributed by atoms with Gasteiger partial charge in [0.25, 0.3) is 5.56 Å². The van der Waals surface area contributed by atoms with Crippen molar-refractivity contribution in [2.24, 2.45) is 0 Å². The number of benzene rings is 1. The summed E-state index contributed by atoms with van der Waals surface area (Å²) in [6.45, 7) is 7.36. The third kappa shape index (κ3) is 4.55. The summed E-state index contributed by atoms with van der Waals surface area (Å²) in [5.41, 5.74) is 0.818. The van der Waals surface area contributed by atoms with E-state index >= 15 is 0 Å². The molecule has 0 radical (unpaired) electrons. The van der Waals surface area contributed by atoms with Crippen molar-refractivity contribution in [1.29, 1.82) is 0 Å². The molecule has 2 aromatic heterocycles. The number of aromatic amines is 1. The van der Waals surface area contributed by atoms with Crippen molar-refractivity contribution >= 4 is 21.4 Å². The predicted molar refractivity (Wildman–Crippen MR) is 127 cm³/mol. The van der Waals surface area contributed by atoms with Gasteiger partial charge in [0.15, 0.2) is 11.3 Å². The minimum Gasteiger partial charge on any atom is -0.493 e. The predicted octanol–water partition coefficient (Wildman–Crippen LogP) is 1.50. The highest BCUT2D eigenvalue weighted by Gasteiger charge is 2.30. The first-order valence-corrected chi connectivity index (χ1v) is 12.5. The van der Waals surface area contributed by atoms with Crippen LogP contribution in [-0.2, 0) is 21.2 Å². The van der Waals surface area contributed by atoms with Gasteiger partial charge in [0.2, 0.25) is 15.9 Å². The van der Waals surface area contributed by atoms with E-state index in [2.05, 4.69) is 20.4 Å². The van der Waals surface area contributed by atoms with Crippen LogP contribution >= 0.6 is 0 Å². The Labute approximate surface area is 198 Å². The van der Waals surface area contributed by atoms with Gasteiger partial charge in [0.1, 0.15) is 17.6 Å². The molecule has 1 unspecified atom stereocenters. The molecule has 3 rings (SSSR count). The van der Waals surface area contributed by atoms with Crippen LogP contribution in [0.3, 0.4) is 0 Å². The minimum atomic E-state index is -4.04. The zero-order valence-electron chi connectivity index (χ0n) is 20.2. The first-order valence-electron chi connectivity index (χ1n) is 11.0. The summed E-state index contributed by atoms with van der Waals surface area (Å²) in [7, 11) is -1.27. The van der Waals surface area contributed by atoms with Crippen molar-refractivity contribution < 1.29 is 17.9 Å². The molecule has 0 spiro atoms. The second-order valence-electron chi connectivity index (χ2n) is 7.83. The highest BCUT2D eigenvalue weighted by Crippen LogP contribution is 2.31. The number of likely N-dealkylation sites (N-methyl/N-ethyl adjacent to an activating group) is 2. The molecular formula is C22H30N6O5S. The van der Waals surface area contributed by atoms with Crippen molar-refractivity contribution in [3.63, 3.8) is 0 Å². The van der Waals surface area contributed by atoms with Crippen LogP contribution < -0.4 is 15.6 Å². The van der Waals surface area contributed by atoms with E-state index in [4.69, 9.17) is 4.74 Å². The van der Waals surface area contributed by atoms with Gasteiger partial charge < -0.3 is 15.0 Å². The maximum Gasteiger partial charge on any atom is 0.277 e. The smallest absolute Gasteiger partial charge is 0.277 e. The first kappa shape index (κ1) is 25.4. The number of amides is 1. The molecule has 0 aliphatic rings. The fourth-order valence-corrected chi connectivity index (χ4v) is 4.98. The topological polar surface area (TPSA) is 139 Å². The largest absolute Gasteiger partial charge is 0.493 e. The molecule has 0 aliphatic carbocycles. The lowest BCUT2D eigenvalue weighted by molar-refractivity contribution is -0.123.